The minimum atomic E-state index is 0.235. The van der Waals surface area contributed by atoms with Gasteiger partial charge in [0.15, 0.2) is 0 Å². The predicted octanol–water partition coefficient (Wildman–Crippen LogP) is 1.60. The average molecular weight is 194 g/mol. The molecule has 2 nitrogen and oxygen atoms in total. The van der Waals surface area contributed by atoms with Gasteiger partial charge in [-0.3, -0.25) is 4.90 Å². The summed E-state index contributed by atoms with van der Waals surface area (Å²) in [6.45, 7) is 3.72. The van der Waals surface area contributed by atoms with Gasteiger partial charge in [-0.2, -0.15) is 0 Å². The van der Waals surface area contributed by atoms with Crippen molar-refractivity contribution in [3.8, 4) is 0 Å². The van der Waals surface area contributed by atoms with Gasteiger partial charge in [0.1, 0.15) is 0 Å². The summed E-state index contributed by atoms with van der Waals surface area (Å²) in [6, 6.07) is 0. The molecule has 0 unspecified atom stereocenters. The Morgan fingerprint density at radius 2 is 1.71 bits per heavy atom. The Hall–Kier alpha value is -0.0800. The molecule has 1 aliphatic heterocycles. The molecule has 0 spiro atoms. The largest absolute Gasteiger partial charge is 0.323 e. The highest BCUT2D eigenvalue weighted by molar-refractivity contribution is 5.09. The molecule has 2 saturated carbocycles. The van der Waals surface area contributed by atoms with Crippen molar-refractivity contribution in [2.24, 2.45) is 17.6 Å². The lowest BCUT2D eigenvalue weighted by Gasteiger charge is -2.49. The van der Waals surface area contributed by atoms with E-state index in [4.69, 9.17) is 5.73 Å². The second-order valence-electron chi connectivity index (χ2n) is 5.83. The van der Waals surface area contributed by atoms with E-state index in [1.807, 2.05) is 0 Å². The third-order valence-electron chi connectivity index (χ3n) is 4.42. The summed E-state index contributed by atoms with van der Waals surface area (Å²) < 4.78 is 0. The monoisotopic (exact) mass is 194 g/mol. The number of hydrogen-bond donors (Lipinski definition) is 1. The van der Waals surface area contributed by atoms with E-state index < -0.39 is 0 Å². The van der Waals surface area contributed by atoms with Gasteiger partial charge in [0.05, 0.1) is 0 Å². The van der Waals surface area contributed by atoms with Gasteiger partial charge in [0, 0.05) is 25.2 Å². The van der Waals surface area contributed by atoms with E-state index >= 15 is 0 Å². The normalized spacial score (nSPS) is 33.2. The molecule has 0 atom stereocenters. The molecule has 2 heteroatoms. The quantitative estimate of drug-likeness (QED) is 0.739. The van der Waals surface area contributed by atoms with Gasteiger partial charge in [-0.25, -0.2) is 0 Å². The van der Waals surface area contributed by atoms with Crippen molar-refractivity contribution in [3.05, 3.63) is 0 Å². The molecular formula is C12H22N2. The summed E-state index contributed by atoms with van der Waals surface area (Å²) in [4.78, 5) is 2.59. The Morgan fingerprint density at radius 1 is 1.07 bits per heavy atom. The van der Waals surface area contributed by atoms with Crippen LogP contribution in [0.15, 0.2) is 0 Å². The van der Waals surface area contributed by atoms with Gasteiger partial charge in [0.2, 0.25) is 0 Å². The molecule has 14 heavy (non-hydrogen) atoms. The number of likely N-dealkylation sites (tertiary alicyclic amines) is 1. The van der Waals surface area contributed by atoms with Crippen molar-refractivity contribution < 1.29 is 0 Å². The van der Waals surface area contributed by atoms with Gasteiger partial charge in [-0.15, -0.1) is 0 Å². The van der Waals surface area contributed by atoms with E-state index in [9.17, 15) is 0 Å². The first kappa shape index (κ1) is 9.17. The fourth-order valence-electron chi connectivity index (χ4n) is 3.39. The van der Waals surface area contributed by atoms with E-state index in [1.54, 1.807) is 0 Å². The molecule has 3 fully saturated rings. The lowest BCUT2D eigenvalue weighted by Crippen LogP contribution is -2.69. The zero-order valence-corrected chi connectivity index (χ0v) is 9.04. The van der Waals surface area contributed by atoms with Crippen LogP contribution < -0.4 is 5.73 Å². The summed E-state index contributed by atoms with van der Waals surface area (Å²) in [7, 11) is 0. The molecular weight excluding hydrogens is 172 g/mol. The number of hydrogen-bond acceptors (Lipinski definition) is 2. The van der Waals surface area contributed by atoms with Crippen molar-refractivity contribution in [2.45, 2.75) is 44.1 Å². The molecule has 1 saturated heterocycles. The second-order valence-corrected chi connectivity index (χ2v) is 5.83. The van der Waals surface area contributed by atoms with E-state index in [1.165, 1.54) is 58.2 Å². The Morgan fingerprint density at radius 3 is 2.29 bits per heavy atom. The first-order chi connectivity index (χ1) is 6.76. The van der Waals surface area contributed by atoms with Crippen molar-refractivity contribution in [1.82, 2.24) is 4.90 Å². The van der Waals surface area contributed by atoms with E-state index in [-0.39, 0.29) is 5.54 Å². The number of nitrogens with zero attached hydrogens (tertiary/aromatic N) is 1. The van der Waals surface area contributed by atoms with E-state index in [2.05, 4.69) is 4.90 Å². The molecule has 0 aromatic heterocycles. The molecule has 0 aromatic carbocycles. The van der Waals surface area contributed by atoms with Gasteiger partial charge < -0.3 is 5.73 Å². The highest BCUT2D eigenvalue weighted by atomic mass is 15.3. The lowest BCUT2D eigenvalue weighted by atomic mass is 9.85. The highest BCUT2D eigenvalue weighted by Crippen LogP contribution is 2.43. The third-order valence-corrected chi connectivity index (χ3v) is 4.42. The van der Waals surface area contributed by atoms with Crippen LogP contribution in [0.25, 0.3) is 0 Å². The maximum Gasteiger partial charge on any atom is 0.0440 e. The van der Waals surface area contributed by atoms with E-state index in [0.29, 0.717) is 0 Å². The molecule has 0 aromatic rings. The number of rotatable bonds is 3. The summed E-state index contributed by atoms with van der Waals surface area (Å²) in [5.74, 6) is 1.88. The van der Waals surface area contributed by atoms with Crippen LogP contribution in [0.2, 0.25) is 0 Å². The summed E-state index contributed by atoms with van der Waals surface area (Å²) in [5, 5.41) is 0. The molecule has 0 amide bonds. The fraction of sp³-hybridized carbons (Fsp3) is 1.00. The standard InChI is InChI=1S/C12H22N2/c13-12(11-5-6-11)8-14(9-12)7-10-3-1-2-4-10/h10-11H,1-9,13H2. The van der Waals surface area contributed by atoms with Crippen LogP contribution in [-0.2, 0) is 0 Å². The van der Waals surface area contributed by atoms with Crippen LogP contribution in [0.3, 0.4) is 0 Å². The van der Waals surface area contributed by atoms with Gasteiger partial charge >= 0.3 is 0 Å². The zero-order chi connectivity index (χ0) is 9.60. The van der Waals surface area contributed by atoms with Crippen molar-refractivity contribution in [3.63, 3.8) is 0 Å². The first-order valence-electron chi connectivity index (χ1n) is 6.27. The Balaban J connectivity index is 1.44. The van der Waals surface area contributed by atoms with Crippen molar-refractivity contribution in [2.75, 3.05) is 19.6 Å². The van der Waals surface area contributed by atoms with Crippen LogP contribution in [0.1, 0.15) is 38.5 Å². The zero-order valence-electron chi connectivity index (χ0n) is 9.04. The molecule has 2 N–H and O–H groups in total. The van der Waals surface area contributed by atoms with Crippen LogP contribution in [0, 0.1) is 11.8 Å². The maximum atomic E-state index is 6.33. The Kier molecular flexibility index (Phi) is 2.10. The Bertz CT molecular complexity index is 208. The van der Waals surface area contributed by atoms with Crippen LogP contribution >= 0.6 is 0 Å². The summed E-state index contributed by atoms with van der Waals surface area (Å²) in [5.41, 5.74) is 6.57. The summed E-state index contributed by atoms with van der Waals surface area (Å²) >= 11 is 0. The molecule has 3 rings (SSSR count). The van der Waals surface area contributed by atoms with Gasteiger partial charge in [-0.05, 0) is 37.5 Å². The summed E-state index contributed by atoms with van der Waals surface area (Å²) in [6.07, 6.45) is 8.67. The minimum Gasteiger partial charge on any atom is -0.323 e. The maximum absolute atomic E-state index is 6.33. The molecule has 0 bridgehead atoms. The van der Waals surface area contributed by atoms with Crippen molar-refractivity contribution >= 4 is 0 Å². The molecule has 3 aliphatic rings. The van der Waals surface area contributed by atoms with E-state index in [0.717, 1.165) is 11.8 Å². The third kappa shape index (κ3) is 1.59. The molecule has 0 radical (unpaired) electrons. The Labute approximate surface area is 86.8 Å². The van der Waals surface area contributed by atoms with Crippen LogP contribution in [0.4, 0.5) is 0 Å². The SMILES string of the molecule is NC1(C2CC2)CN(CC2CCCC2)C1. The van der Waals surface area contributed by atoms with Gasteiger partial charge in [0.25, 0.3) is 0 Å². The predicted molar refractivity (Wildman–Crippen MR) is 58.0 cm³/mol. The van der Waals surface area contributed by atoms with Crippen LogP contribution in [0.5, 0.6) is 0 Å². The second kappa shape index (κ2) is 3.21. The van der Waals surface area contributed by atoms with Gasteiger partial charge in [-0.1, -0.05) is 12.8 Å². The molecule has 80 valence electrons. The van der Waals surface area contributed by atoms with Crippen molar-refractivity contribution in [1.29, 1.82) is 0 Å². The highest BCUT2D eigenvalue weighted by Gasteiger charge is 2.50. The smallest absolute Gasteiger partial charge is 0.0440 e. The minimum absolute atomic E-state index is 0.235. The number of nitrogens with two attached hydrogens (primary N) is 1. The average Bonchev–Trinajstić information content (AvgIpc) is 2.84. The van der Waals surface area contributed by atoms with Crippen LogP contribution in [-0.4, -0.2) is 30.1 Å². The first-order valence-corrected chi connectivity index (χ1v) is 6.27. The lowest BCUT2D eigenvalue weighted by molar-refractivity contribution is 0.0414. The topological polar surface area (TPSA) is 29.3 Å². The molecule has 1 heterocycles. The molecule has 2 aliphatic carbocycles. The fourth-order valence-corrected chi connectivity index (χ4v) is 3.39.